The van der Waals surface area contributed by atoms with Gasteiger partial charge < -0.3 is 15.4 Å². The van der Waals surface area contributed by atoms with E-state index in [-0.39, 0.29) is 23.9 Å². The highest BCUT2D eigenvalue weighted by atomic mass is 16.5. The molecule has 0 unspecified atom stereocenters. The number of amides is 1. The lowest BCUT2D eigenvalue weighted by Crippen LogP contribution is -2.46. The number of fused-ring (bicyclic) bond motifs is 1. The summed E-state index contributed by atoms with van der Waals surface area (Å²) in [5, 5.41) is 10.7. The van der Waals surface area contributed by atoms with Crippen molar-refractivity contribution in [2.24, 2.45) is 5.92 Å². The second-order valence-corrected chi connectivity index (χ2v) is 6.53. The third kappa shape index (κ3) is 3.12. The Bertz CT molecular complexity index is 940. The molecular formula is C20H21N5O2. The van der Waals surface area contributed by atoms with Crippen molar-refractivity contribution in [3.05, 3.63) is 66.5 Å². The van der Waals surface area contributed by atoms with Crippen molar-refractivity contribution in [1.82, 2.24) is 14.8 Å². The van der Waals surface area contributed by atoms with Crippen LogP contribution in [0.1, 0.15) is 18.5 Å². The average Bonchev–Trinajstić information content (AvgIpc) is 3.15. The molecule has 27 heavy (non-hydrogen) atoms. The van der Waals surface area contributed by atoms with Gasteiger partial charge in [0.05, 0.1) is 24.8 Å². The van der Waals surface area contributed by atoms with E-state index < -0.39 is 0 Å². The minimum absolute atomic E-state index is 0.102. The van der Waals surface area contributed by atoms with E-state index in [1.165, 1.54) is 6.33 Å². The molecule has 138 valence electrons. The van der Waals surface area contributed by atoms with Crippen molar-refractivity contribution in [3.63, 3.8) is 0 Å². The van der Waals surface area contributed by atoms with Gasteiger partial charge >= 0.3 is 0 Å². The molecule has 1 aliphatic rings. The Kier molecular flexibility index (Phi) is 4.50. The zero-order chi connectivity index (χ0) is 18.8. The van der Waals surface area contributed by atoms with E-state index in [1.807, 2.05) is 61.5 Å². The molecule has 7 nitrogen and oxygen atoms in total. The maximum Gasteiger partial charge on any atom is 0.232 e. The molecule has 2 N–H and O–H groups in total. The number of benzene rings is 2. The second-order valence-electron chi connectivity index (χ2n) is 6.53. The average molecular weight is 363 g/mol. The summed E-state index contributed by atoms with van der Waals surface area (Å²) in [6, 6.07) is 16.9. The number of nitrogens with zero attached hydrogens (tertiary/aromatic N) is 3. The van der Waals surface area contributed by atoms with Gasteiger partial charge in [-0.15, -0.1) is 0 Å². The van der Waals surface area contributed by atoms with Gasteiger partial charge in [0, 0.05) is 6.04 Å². The minimum Gasteiger partial charge on any atom is -0.495 e. The van der Waals surface area contributed by atoms with E-state index in [4.69, 9.17) is 4.74 Å². The summed E-state index contributed by atoms with van der Waals surface area (Å²) in [6.07, 6.45) is 1.51. The first kappa shape index (κ1) is 17.1. The van der Waals surface area contributed by atoms with Gasteiger partial charge in [-0.2, -0.15) is 10.1 Å². The molecule has 1 aliphatic heterocycles. The Hall–Kier alpha value is -3.35. The fourth-order valence-electron chi connectivity index (χ4n) is 3.61. The Morgan fingerprint density at radius 1 is 1.15 bits per heavy atom. The molecule has 0 spiro atoms. The molecule has 0 fully saturated rings. The molecule has 2 heterocycles. The van der Waals surface area contributed by atoms with Crippen LogP contribution in [0.5, 0.6) is 5.75 Å². The topological polar surface area (TPSA) is 81.1 Å². The first-order chi connectivity index (χ1) is 13.2. The Balaban J connectivity index is 1.72. The summed E-state index contributed by atoms with van der Waals surface area (Å²) in [5.74, 6) is 0.804. The standard InChI is InChI=1S/C20H21N5O2/c1-13-17(19(26)24-15-10-6-7-11-16(15)27-2)18(14-8-4-3-5-9-14)25-20(23-13)21-12-22-25/h3-13,17-18H,1-2H3,(H,24,26)(H,21,22,23)/t13-,17-,18-/m1/s1. The van der Waals surface area contributed by atoms with Crippen LogP contribution in [-0.4, -0.2) is 33.8 Å². The van der Waals surface area contributed by atoms with Gasteiger partial charge in [-0.1, -0.05) is 42.5 Å². The lowest BCUT2D eigenvalue weighted by atomic mass is 9.85. The Labute approximate surface area is 157 Å². The number of anilines is 2. The molecule has 0 radical (unpaired) electrons. The van der Waals surface area contributed by atoms with E-state index >= 15 is 0 Å². The molecule has 3 atom stereocenters. The zero-order valence-electron chi connectivity index (χ0n) is 15.2. The number of carbonyl (C=O) groups excluding carboxylic acids is 1. The fourth-order valence-corrected chi connectivity index (χ4v) is 3.61. The zero-order valence-corrected chi connectivity index (χ0v) is 15.2. The largest absolute Gasteiger partial charge is 0.495 e. The highest BCUT2D eigenvalue weighted by molar-refractivity contribution is 5.95. The first-order valence-electron chi connectivity index (χ1n) is 8.84. The molecule has 0 saturated heterocycles. The van der Waals surface area contributed by atoms with Crippen LogP contribution < -0.4 is 15.4 Å². The number of nitrogens with one attached hydrogen (secondary N) is 2. The summed E-state index contributed by atoms with van der Waals surface area (Å²) in [4.78, 5) is 17.6. The van der Waals surface area contributed by atoms with Crippen molar-refractivity contribution in [3.8, 4) is 5.75 Å². The van der Waals surface area contributed by atoms with Crippen LogP contribution in [0.25, 0.3) is 0 Å². The number of para-hydroxylation sites is 2. The molecule has 1 amide bonds. The van der Waals surface area contributed by atoms with E-state index in [0.29, 0.717) is 17.4 Å². The van der Waals surface area contributed by atoms with E-state index in [2.05, 4.69) is 20.7 Å². The molecule has 0 saturated carbocycles. The minimum atomic E-state index is -0.383. The monoisotopic (exact) mass is 363 g/mol. The van der Waals surface area contributed by atoms with Crippen molar-refractivity contribution < 1.29 is 9.53 Å². The normalized spacial score (nSPS) is 21.0. The van der Waals surface area contributed by atoms with Gasteiger partial charge in [0.15, 0.2) is 0 Å². The lowest BCUT2D eigenvalue weighted by molar-refractivity contribution is -0.121. The van der Waals surface area contributed by atoms with Gasteiger partial charge in [0.2, 0.25) is 11.9 Å². The van der Waals surface area contributed by atoms with Crippen LogP contribution >= 0.6 is 0 Å². The third-order valence-corrected chi connectivity index (χ3v) is 4.88. The molecule has 3 aromatic rings. The molecule has 0 bridgehead atoms. The molecule has 4 rings (SSSR count). The van der Waals surface area contributed by atoms with Crippen molar-refractivity contribution >= 4 is 17.5 Å². The van der Waals surface area contributed by atoms with Crippen LogP contribution in [-0.2, 0) is 4.79 Å². The molecule has 0 aliphatic carbocycles. The third-order valence-electron chi connectivity index (χ3n) is 4.88. The molecule has 1 aromatic heterocycles. The molecule has 2 aromatic carbocycles. The second kappa shape index (κ2) is 7.11. The van der Waals surface area contributed by atoms with Gasteiger partial charge in [-0.05, 0) is 24.6 Å². The number of carbonyl (C=O) groups is 1. The quantitative estimate of drug-likeness (QED) is 0.745. The number of aromatic nitrogens is 3. The van der Waals surface area contributed by atoms with E-state index in [9.17, 15) is 4.79 Å². The lowest BCUT2D eigenvalue weighted by Gasteiger charge is -2.36. The Morgan fingerprint density at radius 2 is 1.89 bits per heavy atom. The fraction of sp³-hybridized carbons (Fsp3) is 0.250. The number of ether oxygens (including phenoxy) is 1. The highest BCUT2D eigenvalue weighted by Crippen LogP contribution is 2.36. The summed E-state index contributed by atoms with van der Waals surface area (Å²) in [7, 11) is 1.59. The van der Waals surface area contributed by atoms with E-state index in [0.717, 1.165) is 5.56 Å². The van der Waals surface area contributed by atoms with Gasteiger partial charge in [-0.3, -0.25) is 4.79 Å². The Morgan fingerprint density at radius 3 is 2.67 bits per heavy atom. The number of hydrogen-bond donors (Lipinski definition) is 2. The summed E-state index contributed by atoms with van der Waals surface area (Å²) >= 11 is 0. The smallest absolute Gasteiger partial charge is 0.232 e. The number of methoxy groups -OCH3 is 1. The first-order valence-corrected chi connectivity index (χ1v) is 8.84. The van der Waals surface area contributed by atoms with Crippen LogP contribution in [0.4, 0.5) is 11.6 Å². The summed E-state index contributed by atoms with van der Waals surface area (Å²) < 4.78 is 7.14. The maximum atomic E-state index is 13.3. The SMILES string of the molecule is COc1ccccc1NC(=O)[C@H]1[C@@H](c2ccccc2)n2ncnc2N[C@@H]1C. The van der Waals surface area contributed by atoms with Crippen LogP contribution in [0.15, 0.2) is 60.9 Å². The van der Waals surface area contributed by atoms with E-state index in [1.54, 1.807) is 11.8 Å². The van der Waals surface area contributed by atoms with Gasteiger partial charge in [0.1, 0.15) is 12.1 Å². The van der Waals surface area contributed by atoms with Crippen LogP contribution in [0.2, 0.25) is 0 Å². The van der Waals surface area contributed by atoms with Crippen molar-refractivity contribution in [2.45, 2.75) is 19.0 Å². The van der Waals surface area contributed by atoms with Crippen molar-refractivity contribution in [1.29, 1.82) is 0 Å². The molecular weight excluding hydrogens is 342 g/mol. The summed E-state index contributed by atoms with van der Waals surface area (Å²) in [6.45, 7) is 1.99. The van der Waals surface area contributed by atoms with Gasteiger partial charge in [-0.25, -0.2) is 4.68 Å². The van der Waals surface area contributed by atoms with Crippen LogP contribution in [0.3, 0.4) is 0 Å². The number of hydrogen-bond acceptors (Lipinski definition) is 5. The predicted octanol–water partition coefficient (Wildman–Crippen LogP) is 2.95. The maximum absolute atomic E-state index is 13.3. The van der Waals surface area contributed by atoms with Crippen molar-refractivity contribution in [2.75, 3.05) is 17.7 Å². The summed E-state index contributed by atoms with van der Waals surface area (Å²) in [5.41, 5.74) is 1.66. The van der Waals surface area contributed by atoms with Gasteiger partial charge in [0.25, 0.3) is 0 Å². The molecule has 7 heteroatoms. The number of rotatable bonds is 4. The highest BCUT2D eigenvalue weighted by Gasteiger charge is 2.41. The van der Waals surface area contributed by atoms with Crippen LogP contribution in [0, 0.1) is 5.92 Å². The predicted molar refractivity (Wildman–Crippen MR) is 103 cm³/mol.